The second kappa shape index (κ2) is 6.11. The SMILES string of the molecule is CCn1nc(C)cc1C(=O)N=c1sc2c(Cl)ccc(Cl)c2n1C. The van der Waals surface area contributed by atoms with Crippen LogP contribution in [0.2, 0.25) is 10.0 Å². The molecule has 0 aliphatic carbocycles. The third kappa shape index (κ3) is 2.82. The van der Waals surface area contributed by atoms with Gasteiger partial charge in [-0.15, -0.1) is 0 Å². The number of carbonyl (C=O) groups excluding carboxylic acids is 1. The number of amides is 1. The van der Waals surface area contributed by atoms with Gasteiger partial charge in [0, 0.05) is 13.6 Å². The summed E-state index contributed by atoms with van der Waals surface area (Å²) in [6, 6.07) is 5.21. The first kappa shape index (κ1) is 16.2. The summed E-state index contributed by atoms with van der Waals surface area (Å²) in [6.45, 7) is 4.39. The maximum atomic E-state index is 12.5. The van der Waals surface area contributed by atoms with Gasteiger partial charge < -0.3 is 4.57 Å². The van der Waals surface area contributed by atoms with E-state index in [4.69, 9.17) is 23.2 Å². The molecule has 0 bridgehead atoms. The number of fused-ring (bicyclic) bond motifs is 1. The second-order valence-electron chi connectivity index (χ2n) is 5.05. The monoisotopic (exact) mass is 368 g/mol. The van der Waals surface area contributed by atoms with Crippen LogP contribution in [-0.2, 0) is 13.6 Å². The first-order chi connectivity index (χ1) is 10.9. The van der Waals surface area contributed by atoms with E-state index in [-0.39, 0.29) is 5.91 Å². The Morgan fingerprint density at radius 3 is 2.70 bits per heavy atom. The fourth-order valence-corrected chi connectivity index (χ4v) is 4.05. The molecule has 3 aromatic rings. The molecule has 0 spiro atoms. The molecule has 0 aliphatic heterocycles. The van der Waals surface area contributed by atoms with Gasteiger partial charge in [-0.1, -0.05) is 34.5 Å². The Labute approximate surface area is 146 Å². The average Bonchev–Trinajstić information content (AvgIpc) is 3.05. The van der Waals surface area contributed by atoms with Gasteiger partial charge in [0.05, 0.1) is 26.0 Å². The van der Waals surface area contributed by atoms with E-state index in [0.29, 0.717) is 27.1 Å². The van der Waals surface area contributed by atoms with E-state index in [1.807, 2.05) is 20.9 Å². The van der Waals surface area contributed by atoms with Gasteiger partial charge >= 0.3 is 0 Å². The van der Waals surface area contributed by atoms with Gasteiger partial charge in [-0.3, -0.25) is 9.48 Å². The van der Waals surface area contributed by atoms with Crippen LogP contribution in [0.4, 0.5) is 0 Å². The van der Waals surface area contributed by atoms with Crippen LogP contribution in [0.1, 0.15) is 23.1 Å². The highest BCUT2D eigenvalue weighted by atomic mass is 35.5. The van der Waals surface area contributed by atoms with Crippen LogP contribution in [0.3, 0.4) is 0 Å². The molecule has 2 aromatic heterocycles. The minimum Gasteiger partial charge on any atom is -0.318 e. The molecule has 0 atom stereocenters. The van der Waals surface area contributed by atoms with Gasteiger partial charge in [-0.2, -0.15) is 10.1 Å². The zero-order chi connectivity index (χ0) is 16.7. The van der Waals surface area contributed by atoms with Crippen molar-refractivity contribution in [2.24, 2.45) is 12.0 Å². The number of hydrogen-bond donors (Lipinski definition) is 0. The summed E-state index contributed by atoms with van der Waals surface area (Å²) < 4.78 is 4.24. The minimum atomic E-state index is -0.332. The van der Waals surface area contributed by atoms with E-state index in [9.17, 15) is 4.79 Å². The van der Waals surface area contributed by atoms with Crippen LogP contribution >= 0.6 is 34.5 Å². The van der Waals surface area contributed by atoms with Gasteiger partial charge in [0.1, 0.15) is 5.69 Å². The fourth-order valence-electron chi connectivity index (χ4n) is 2.39. The second-order valence-corrected chi connectivity index (χ2v) is 6.85. The van der Waals surface area contributed by atoms with E-state index in [2.05, 4.69) is 10.1 Å². The van der Waals surface area contributed by atoms with E-state index >= 15 is 0 Å². The van der Waals surface area contributed by atoms with Crippen molar-refractivity contribution in [1.82, 2.24) is 14.3 Å². The topological polar surface area (TPSA) is 52.2 Å². The third-order valence-electron chi connectivity index (χ3n) is 3.47. The highest BCUT2D eigenvalue weighted by Gasteiger charge is 2.15. The minimum absolute atomic E-state index is 0.332. The number of halogens is 2. The van der Waals surface area contributed by atoms with Crippen molar-refractivity contribution >= 4 is 50.7 Å². The smallest absolute Gasteiger partial charge is 0.297 e. The largest absolute Gasteiger partial charge is 0.318 e. The lowest BCUT2D eigenvalue weighted by atomic mass is 10.3. The first-order valence-electron chi connectivity index (χ1n) is 6.99. The highest BCUT2D eigenvalue weighted by Crippen LogP contribution is 2.31. The third-order valence-corrected chi connectivity index (χ3v) is 5.36. The van der Waals surface area contributed by atoms with Crippen molar-refractivity contribution in [3.8, 4) is 0 Å². The molecule has 0 saturated carbocycles. The van der Waals surface area contributed by atoms with Gasteiger partial charge in [0.2, 0.25) is 0 Å². The Hall–Kier alpha value is -1.63. The summed E-state index contributed by atoms with van der Waals surface area (Å²) in [6.07, 6.45) is 0. The molecule has 0 N–H and O–H groups in total. The van der Waals surface area contributed by atoms with E-state index < -0.39 is 0 Å². The number of aryl methyl sites for hydroxylation is 3. The summed E-state index contributed by atoms with van der Waals surface area (Å²) >= 11 is 13.8. The Kier molecular flexibility index (Phi) is 4.31. The molecule has 120 valence electrons. The lowest BCUT2D eigenvalue weighted by Crippen LogP contribution is -2.15. The van der Waals surface area contributed by atoms with Crippen molar-refractivity contribution < 1.29 is 4.79 Å². The van der Waals surface area contributed by atoms with Crippen LogP contribution in [-0.4, -0.2) is 20.3 Å². The number of carbonyl (C=O) groups is 1. The Bertz CT molecular complexity index is 983. The zero-order valence-electron chi connectivity index (χ0n) is 12.8. The molecule has 1 aromatic carbocycles. The van der Waals surface area contributed by atoms with Crippen molar-refractivity contribution in [2.45, 2.75) is 20.4 Å². The summed E-state index contributed by atoms with van der Waals surface area (Å²) in [5.41, 5.74) is 2.03. The molecule has 3 rings (SSSR count). The fraction of sp³-hybridized carbons (Fsp3) is 0.267. The normalized spacial score (nSPS) is 12.3. The van der Waals surface area contributed by atoms with Crippen molar-refractivity contribution in [3.05, 3.63) is 44.4 Å². The van der Waals surface area contributed by atoms with Crippen LogP contribution < -0.4 is 4.80 Å². The quantitative estimate of drug-likeness (QED) is 0.690. The maximum absolute atomic E-state index is 12.5. The molecular weight excluding hydrogens is 355 g/mol. The molecule has 0 fully saturated rings. The molecular formula is C15H14Cl2N4OS. The predicted octanol–water partition coefficient (Wildman–Crippen LogP) is 3.81. The molecule has 2 heterocycles. The van der Waals surface area contributed by atoms with Crippen molar-refractivity contribution in [1.29, 1.82) is 0 Å². The first-order valence-corrected chi connectivity index (χ1v) is 8.56. The molecule has 0 radical (unpaired) electrons. The molecule has 23 heavy (non-hydrogen) atoms. The Morgan fingerprint density at radius 1 is 1.35 bits per heavy atom. The van der Waals surface area contributed by atoms with E-state index in [1.54, 1.807) is 27.4 Å². The molecule has 1 amide bonds. The molecule has 0 saturated heterocycles. The van der Waals surface area contributed by atoms with Crippen LogP contribution in [0.25, 0.3) is 10.2 Å². The van der Waals surface area contributed by atoms with Crippen LogP contribution in [0.15, 0.2) is 23.2 Å². The lowest BCUT2D eigenvalue weighted by molar-refractivity contribution is 0.0988. The summed E-state index contributed by atoms with van der Waals surface area (Å²) in [7, 11) is 1.82. The standard InChI is InChI=1S/C15H14Cl2N4OS/c1-4-21-11(7-8(2)19-21)14(22)18-15-20(3)12-9(16)5-6-10(17)13(12)23-15/h5-7H,4H2,1-3H3. The average molecular weight is 369 g/mol. The summed E-state index contributed by atoms with van der Waals surface area (Å²) in [5, 5.41) is 5.44. The van der Waals surface area contributed by atoms with E-state index in [1.165, 1.54) is 11.3 Å². The number of benzene rings is 1. The predicted molar refractivity (Wildman–Crippen MR) is 93.3 cm³/mol. The van der Waals surface area contributed by atoms with Crippen molar-refractivity contribution in [3.63, 3.8) is 0 Å². The number of nitrogens with zero attached hydrogens (tertiary/aromatic N) is 4. The molecule has 0 unspecified atom stereocenters. The van der Waals surface area contributed by atoms with E-state index in [0.717, 1.165) is 15.9 Å². The van der Waals surface area contributed by atoms with Crippen LogP contribution in [0, 0.1) is 6.92 Å². The maximum Gasteiger partial charge on any atom is 0.297 e. The number of thiazole rings is 1. The van der Waals surface area contributed by atoms with Gasteiger partial charge in [-0.25, -0.2) is 0 Å². The molecule has 8 heteroatoms. The summed E-state index contributed by atoms with van der Waals surface area (Å²) in [5.74, 6) is -0.332. The molecule has 0 aliphatic rings. The van der Waals surface area contributed by atoms with Gasteiger partial charge in [-0.05, 0) is 32.0 Å². The van der Waals surface area contributed by atoms with Crippen LogP contribution in [0.5, 0.6) is 0 Å². The zero-order valence-corrected chi connectivity index (χ0v) is 15.1. The number of rotatable bonds is 2. The van der Waals surface area contributed by atoms with Crippen molar-refractivity contribution in [2.75, 3.05) is 0 Å². The molecule has 5 nitrogen and oxygen atoms in total. The van der Waals surface area contributed by atoms with Gasteiger partial charge in [0.25, 0.3) is 5.91 Å². The lowest BCUT2D eigenvalue weighted by Gasteiger charge is -2.00. The Morgan fingerprint density at radius 2 is 2.04 bits per heavy atom. The highest BCUT2D eigenvalue weighted by molar-refractivity contribution is 7.17. The number of hydrogen-bond acceptors (Lipinski definition) is 3. The number of aromatic nitrogens is 3. The summed E-state index contributed by atoms with van der Waals surface area (Å²) in [4.78, 5) is 17.3. The van der Waals surface area contributed by atoms with Gasteiger partial charge in [0.15, 0.2) is 4.80 Å². The Balaban J connectivity index is 2.18.